The molecule has 0 spiro atoms. The van der Waals surface area contributed by atoms with E-state index in [4.69, 9.17) is 10.5 Å². The van der Waals surface area contributed by atoms with Gasteiger partial charge in [0.1, 0.15) is 5.82 Å². The largest absolute Gasteiger partial charge is 0.481 e. The maximum atomic E-state index is 5.73. The lowest BCUT2D eigenvalue weighted by Crippen LogP contribution is -2.25. The number of nitrogens with two attached hydrogens (primary N) is 1. The van der Waals surface area contributed by atoms with Gasteiger partial charge >= 0.3 is 0 Å². The minimum absolute atomic E-state index is 0.234. The summed E-state index contributed by atoms with van der Waals surface area (Å²) in [7, 11) is 1.58. The van der Waals surface area contributed by atoms with E-state index in [9.17, 15) is 0 Å². The summed E-state index contributed by atoms with van der Waals surface area (Å²) in [6.07, 6.45) is 2.20. The zero-order chi connectivity index (χ0) is 13.2. The van der Waals surface area contributed by atoms with Crippen molar-refractivity contribution in [2.45, 2.75) is 12.8 Å². The summed E-state index contributed by atoms with van der Waals surface area (Å²) in [6, 6.07) is 10.2. The molecule has 1 aromatic carbocycles. The molecule has 1 aliphatic rings. The number of benzene rings is 1. The Morgan fingerprint density at radius 2 is 2.11 bits per heavy atom. The van der Waals surface area contributed by atoms with Gasteiger partial charge in [0.05, 0.1) is 7.11 Å². The Bertz CT molecular complexity index is 600. The number of aromatic nitrogens is 2. The van der Waals surface area contributed by atoms with Gasteiger partial charge in [0.2, 0.25) is 11.8 Å². The average Bonchev–Trinajstić information content (AvgIpc) is 2.46. The molecule has 0 fully saturated rings. The molecule has 0 unspecified atom stereocenters. The van der Waals surface area contributed by atoms with Crippen molar-refractivity contribution in [1.29, 1.82) is 0 Å². The monoisotopic (exact) mass is 256 g/mol. The van der Waals surface area contributed by atoms with Gasteiger partial charge in [-0.15, -0.1) is 0 Å². The van der Waals surface area contributed by atoms with Crippen molar-refractivity contribution in [3.63, 3.8) is 0 Å². The lowest BCUT2D eigenvalue weighted by atomic mass is 10.0. The Labute approximate surface area is 112 Å². The van der Waals surface area contributed by atoms with E-state index in [2.05, 4.69) is 33.1 Å². The fourth-order valence-electron chi connectivity index (χ4n) is 2.44. The number of aryl methyl sites for hydroxylation is 1. The Hall–Kier alpha value is -2.30. The number of fused-ring (bicyclic) bond motifs is 1. The highest BCUT2D eigenvalue weighted by Gasteiger charge is 2.19. The SMILES string of the molecule is COc1cc(N2CCCc3ccccc32)nc(N)n1. The molecule has 98 valence electrons. The highest BCUT2D eigenvalue weighted by Crippen LogP contribution is 2.33. The Kier molecular flexibility index (Phi) is 2.95. The molecule has 2 N–H and O–H groups in total. The second-order valence-corrected chi connectivity index (χ2v) is 4.51. The molecule has 5 heteroatoms. The van der Waals surface area contributed by atoms with Crippen LogP contribution in [0.3, 0.4) is 0 Å². The van der Waals surface area contributed by atoms with E-state index in [0.29, 0.717) is 5.88 Å². The average molecular weight is 256 g/mol. The molecule has 1 aromatic heterocycles. The summed E-state index contributed by atoms with van der Waals surface area (Å²) in [6.45, 7) is 0.927. The van der Waals surface area contributed by atoms with Crippen LogP contribution in [-0.2, 0) is 6.42 Å². The summed E-state index contributed by atoms with van der Waals surface area (Å²) in [4.78, 5) is 10.5. The first-order chi connectivity index (χ1) is 9.28. The second-order valence-electron chi connectivity index (χ2n) is 4.51. The molecule has 0 radical (unpaired) electrons. The molecule has 0 amide bonds. The third kappa shape index (κ3) is 2.19. The van der Waals surface area contributed by atoms with E-state index in [0.717, 1.165) is 25.2 Å². The van der Waals surface area contributed by atoms with Crippen LogP contribution in [-0.4, -0.2) is 23.6 Å². The summed E-state index contributed by atoms with van der Waals surface area (Å²) in [5.41, 5.74) is 8.26. The van der Waals surface area contributed by atoms with Crippen molar-refractivity contribution in [2.75, 3.05) is 24.3 Å². The second kappa shape index (κ2) is 4.76. The van der Waals surface area contributed by atoms with E-state index in [-0.39, 0.29) is 5.95 Å². The molecule has 0 saturated heterocycles. The van der Waals surface area contributed by atoms with Gasteiger partial charge in [-0.3, -0.25) is 0 Å². The predicted octanol–water partition coefficient (Wildman–Crippen LogP) is 2.15. The maximum Gasteiger partial charge on any atom is 0.225 e. The van der Waals surface area contributed by atoms with Crippen molar-refractivity contribution in [3.05, 3.63) is 35.9 Å². The van der Waals surface area contributed by atoms with Crippen molar-refractivity contribution < 1.29 is 4.74 Å². The number of methoxy groups -OCH3 is 1. The predicted molar refractivity (Wildman–Crippen MR) is 74.8 cm³/mol. The standard InChI is InChI=1S/C14H16N4O/c1-19-13-9-12(16-14(15)17-13)18-8-4-6-10-5-2-3-7-11(10)18/h2-3,5,7,9H,4,6,8H2,1H3,(H2,15,16,17). The Balaban J connectivity index is 2.06. The van der Waals surface area contributed by atoms with Gasteiger partial charge in [-0.2, -0.15) is 9.97 Å². The van der Waals surface area contributed by atoms with Crippen LogP contribution in [0.2, 0.25) is 0 Å². The third-order valence-corrected chi connectivity index (χ3v) is 3.30. The minimum atomic E-state index is 0.234. The van der Waals surface area contributed by atoms with Gasteiger partial charge in [0.25, 0.3) is 0 Å². The molecule has 19 heavy (non-hydrogen) atoms. The van der Waals surface area contributed by atoms with Crippen molar-refractivity contribution in [1.82, 2.24) is 9.97 Å². The molecule has 0 saturated carbocycles. The quantitative estimate of drug-likeness (QED) is 0.892. The number of hydrogen-bond acceptors (Lipinski definition) is 5. The highest BCUT2D eigenvalue weighted by atomic mass is 16.5. The molecular formula is C14H16N4O. The van der Waals surface area contributed by atoms with Crippen LogP contribution < -0.4 is 15.4 Å². The van der Waals surface area contributed by atoms with E-state index in [1.54, 1.807) is 7.11 Å². The lowest BCUT2D eigenvalue weighted by molar-refractivity contribution is 0.398. The van der Waals surface area contributed by atoms with Crippen LogP contribution in [0.15, 0.2) is 30.3 Å². The smallest absolute Gasteiger partial charge is 0.225 e. The Morgan fingerprint density at radius 1 is 1.26 bits per heavy atom. The van der Waals surface area contributed by atoms with Crippen LogP contribution in [0.5, 0.6) is 5.88 Å². The number of nitrogen functional groups attached to an aromatic ring is 1. The van der Waals surface area contributed by atoms with E-state index in [1.165, 1.54) is 11.3 Å². The van der Waals surface area contributed by atoms with Crippen molar-refractivity contribution in [2.24, 2.45) is 0 Å². The zero-order valence-electron chi connectivity index (χ0n) is 10.8. The zero-order valence-corrected chi connectivity index (χ0v) is 10.8. The molecule has 2 aromatic rings. The molecule has 0 bridgehead atoms. The summed E-state index contributed by atoms with van der Waals surface area (Å²) < 4.78 is 5.16. The van der Waals surface area contributed by atoms with Crippen LogP contribution >= 0.6 is 0 Å². The number of para-hydroxylation sites is 1. The van der Waals surface area contributed by atoms with Gasteiger partial charge in [-0.05, 0) is 24.5 Å². The number of anilines is 3. The van der Waals surface area contributed by atoms with Gasteiger partial charge < -0.3 is 15.4 Å². The molecule has 1 aliphatic heterocycles. The number of hydrogen-bond donors (Lipinski definition) is 1. The van der Waals surface area contributed by atoms with Gasteiger partial charge in [-0.25, -0.2) is 0 Å². The number of rotatable bonds is 2. The molecule has 0 atom stereocenters. The highest BCUT2D eigenvalue weighted by molar-refractivity contribution is 5.66. The summed E-state index contributed by atoms with van der Waals surface area (Å²) in [5, 5.41) is 0. The first kappa shape index (κ1) is 11.8. The molecule has 5 nitrogen and oxygen atoms in total. The van der Waals surface area contributed by atoms with Gasteiger partial charge in [-0.1, -0.05) is 18.2 Å². The summed E-state index contributed by atoms with van der Waals surface area (Å²) >= 11 is 0. The minimum Gasteiger partial charge on any atom is -0.481 e. The van der Waals surface area contributed by atoms with Crippen LogP contribution in [0.25, 0.3) is 0 Å². The van der Waals surface area contributed by atoms with Crippen molar-refractivity contribution in [3.8, 4) is 5.88 Å². The normalized spacial score (nSPS) is 14.1. The topological polar surface area (TPSA) is 64.3 Å². The van der Waals surface area contributed by atoms with Crippen LogP contribution in [0.4, 0.5) is 17.5 Å². The van der Waals surface area contributed by atoms with Crippen LogP contribution in [0, 0.1) is 0 Å². The van der Waals surface area contributed by atoms with Gasteiger partial charge in [0, 0.05) is 18.3 Å². The molecule has 2 heterocycles. The third-order valence-electron chi connectivity index (χ3n) is 3.30. The van der Waals surface area contributed by atoms with E-state index >= 15 is 0 Å². The lowest BCUT2D eigenvalue weighted by Gasteiger charge is -2.30. The maximum absolute atomic E-state index is 5.73. The van der Waals surface area contributed by atoms with Gasteiger partial charge in [0.15, 0.2) is 0 Å². The van der Waals surface area contributed by atoms with E-state index in [1.807, 2.05) is 12.1 Å². The molecule has 0 aliphatic carbocycles. The fraction of sp³-hybridized carbons (Fsp3) is 0.286. The first-order valence-corrected chi connectivity index (χ1v) is 6.32. The number of ether oxygens (including phenoxy) is 1. The molecular weight excluding hydrogens is 240 g/mol. The van der Waals surface area contributed by atoms with Crippen LogP contribution in [0.1, 0.15) is 12.0 Å². The first-order valence-electron chi connectivity index (χ1n) is 6.32. The van der Waals surface area contributed by atoms with E-state index < -0.39 is 0 Å². The number of nitrogens with zero attached hydrogens (tertiary/aromatic N) is 3. The molecule has 3 rings (SSSR count). The van der Waals surface area contributed by atoms with Crippen molar-refractivity contribution >= 4 is 17.5 Å². The Morgan fingerprint density at radius 3 is 2.95 bits per heavy atom. The summed E-state index contributed by atoms with van der Waals surface area (Å²) in [5.74, 6) is 1.51. The fourth-order valence-corrected chi connectivity index (χ4v) is 2.44.